The third-order valence-corrected chi connectivity index (χ3v) is 5.42. The number of carbonyl (C=O) groups is 2. The van der Waals surface area contributed by atoms with Crippen LogP contribution in [0.15, 0.2) is 24.3 Å². The molecule has 0 radical (unpaired) electrons. The van der Waals surface area contributed by atoms with Crippen molar-refractivity contribution in [2.45, 2.75) is 18.5 Å². The van der Waals surface area contributed by atoms with Crippen molar-refractivity contribution in [1.82, 2.24) is 10.0 Å². The zero-order valence-electron chi connectivity index (χ0n) is 10.3. The lowest BCUT2D eigenvalue weighted by Gasteiger charge is -2.19. The molecular formula is C13H12BrClN2O2. The van der Waals surface area contributed by atoms with Gasteiger partial charge in [0.2, 0.25) is 0 Å². The lowest BCUT2D eigenvalue weighted by atomic mass is 10.1. The third-order valence-electron chi connectivity index (χ3n) is 3.98. The van der Waals surface area contributed by atoms with Gasteiger partial charge < -0.3 is 0 Å². The van der Waals surface area contributed by atoms with Crippen molar-refractivity contribution < 1.29 is 9.59 Å². The minimum absolute atomic E-state index is 0.0617. The SMILES string of the molecule is C[C@H]1N(N2C(=O)c3ccccc3C2=O)[C@]1(CCl)CBr. The van der Waals surface area contributed by atoms with E-state index >= 15 is 0 Å². The predicted octanol–water partition coefficient (Wildman–Crippen LogP) is 2.27. The van der Waals surface area contributed by atoms with Gasteiger partial charge in [-0.2, -0.15) is 5.01 Å². The van der Waals surface area contributed by atoms with Crippen LogP contribution in [0.25, 0.3) is 0 Å². The molecule has 0 saturated carbocycles. The molecular weight excluding hydrogens is 332 g/mol. The first-order chi connectivity index (χ1) is 9.08. The number of fused-ring (bicyclic) bond motifs is 1. The number of hydrogen-bond donors (Lipinski definition) is 0. The molecule has 1 aromatic carbocycles. The van der Waals surface area contributed by atoms with Gasteiger partial charge in [0.05, 0.1) is 22.7 Å². The third kappa shape index (κ3) is 1.55. The Labute approximate surface area is 124 Å². The van der Waals surface area contributed by atoms with E-state index in [0.29, 0.717) is 22.3 Å². The number of benzene rings is 1. The summed E-state index contributed by atoms with van der Waals surface area (Å²) in [6, 6.07) is 6.95. The smallest absolute Gasteiger partial charge is 0.267 e. The Morgan fingerprint density at radius 3 is 2.16 bits per heavy atom. The Balaban J connectivity index is 1.98. The van der Waals surface area contributed by atoms with Crippen molar-refractivity contribution in [3.63, 3.8) is 0 Å². The van der Waals surface area contributed by atoms with Crippen molar-refractivity contribution in [3.8, 4) is 0 Å². The van der Waals surface area contributed by atoms with E-state index in [1.807, 2.05) is 6.92 Å². The van der Waals surface area contributed by atoms with Gasteiger partial charge in [-0.3, -0.25) is 9.59 Å². The molecule has 19 heavy (non-hydrogen) atoms. The van der Waals surface area contributed by atoms with Gasteiger partial charge in [0, 0.05) is 11.2 Å². The average molecular weight is 344 g/mol. The molecule has 2 amide bonds. The molecule has 0 aromatic heterocycles. The van der Waals surface area contributed by atoms with Gasteiger partial charge in [0.25, 0.3) is 11.8 Å². The molecule has 4 nitrogen and oxygen atoms in total. The van der Waals surface area contributed by atoms with E-state index in [1.54, 1.807) is 29.3 Å². The highest BCUT2D eigenvalue weighted by Crippen LogP contribution is 2.47. The number of amides is 2. The van der Waals surface area contributed by atoms with Crippen LogP contribution in [0.3, 0.4) is 0 Å². The van der Waals surface area contributed by atoms with Gasteiger partial charge in [0.15, 0.2) is 0 Å². The highest BCUT2D eigenvalue weighted by Gasteiger charge is 2.65. The topological polar surface area (TPSA) is 40.4 Å². The van der Waals surface area contributed by atoms with Gasteiger partial charge >= 0.3 is 0 Å². The highest BCUT2D eigenvalue weighted by atomic mass is 79.9. The Morgan fingerprint density at radius 1 is 1.26 bits per heavy atom. The van der Waals surface area contributed by atoms with E-state index in [-0.39, 0.29) is 23.4 Å². The van der Waals surface area contributed by atoms with E-state index in [1.165, 1.54) is 5.01 Å². The standard InChI is InChI=1S/C13H12BrClN2O2/c1-8-13(6-14,7-15)17(8)16-11(18)9-4-2-3-5-10(9)12(16)19/h2-5,8H,6-7H2,1H3/t8-,13+,17?/m1/s1. The Kier molecular flexibility index (Phi) is 2.96. The summed E-state index contributed by atoms with van der Waals surface area (Å²) in [5.41, 5.74) is 0.573. The molecule has 3 rings (SSSR count). The molecule has 1 fully saturated rings. The summed E-state index contributed by atoms with van der Waals surface area (Å²) in [6.07, 6.45) is 0. The van der Waals surface area contributed by atoms with Crippen molar-refractivity contribution in [1.29, 1.82) is 0 Å². The maximum absolute atomic E-state index is 12.4. The second-order valence-corrected chi connectivity index (χ2v) is 5.69. The second kappa shape index (κ2) is 4.30. The maximum atomic E-state index is 12.4. The molecule has 1 aromatic rings. The van der Waals surface area contributed by atoms with Crippen LogP contribution in [0.1, 0.15) is 27.6 Å². The highest BCUT2D eigenvalue weighted by molar-refractivity contribution is 9.09. The van der Waals surface area contributed by atoms with Crippen LogP contribution in [0.5, 0.6) is 0 Å². The van der Waals surface area contributed by atoms with Crippen LogP contribution < -0.4 is 0 Å². The normalized spacial score (nSPS) is 32.7. The average Bonchev–Trinajstić information content (AvgIpc) is 2.94. The summed E-state index contributed by atoms with van der Waals surface area (Å²) in [5.74, 6) is -0.159. The van der Waals surface area contributed by atoms with Crippen molar-refractivity contribution >= 4 is 39.3 Å². The minimum Gasteiger partial charge on any atom is -0.267 e. The summed E-state index contributed by atoms with van der Waals surface area (Å²) < 4.78 is 0. The molecule has 2 heterocycles. The molecule has 100 valence electrons. The first-order valence-corrected chi connectivity index (χ1v) is 7.63. The number of imide groups is 1. The van der Waals surface area contributed by atoms with Crippen LogP contribution in [0.2, 0.25) is 0 Å². The minimum atomic E-state index is -0.352. The molecule has 1 saturated heterocycles. The lowest BCUT2D eigenvalue weighted by molar-refractivity contribution is 0.0315. The van der Waals surface area contributed by atoms with Gasteiger partial charge in [-0.05, 0) is 19.1 Å². The summed E-state index contributed by atoms with van der Waals surface area (Å²) in [4.78, 5) is 24.7. The van der Waals surface area contributed by atoms with E-state index in [2.05, 4.69) is 15.9 Å². The summed E-state index contributed by atoms with van der Waals surface area (Å²) in [6.45, 7) is 1.97. The van der Waals surface area contributed by atoms with Gasteiger partial charge in [-0.15, -0.1) is 11.6 Å². The van der Waals surface area contributed by atoms with Gasteiger partial charge in [-0.1, -0.05) is 28.1 Å². The molecule has 0 aliphatic carbocycles. The molecule has 0 bridgehead atoms. The monoisotopic (exact) mass is 342 g/mol. The first kappa shape index (κ1) is 13.1. The van der Waals surface area contributed by atoms with E-state index < -0.39 is 0 Å². The first-order valence-electron chi connectivity index (χ1n) is 5.97. The van der Waals surface area contributed by atoms with Gasteiger partial charge in [0.1, 0.15) is 0 Å². The zero-order valence-corrected chi connectivity index (χ0v) is 12.6. The zero-order chi connectivity index (χ0) is 13.8. The molecule has 2 aliphatic rings. The molecule has 0 spiro atoms. The fourth-order valence-corrected chi connectivity index (χ4v) is 4.23. The molecule has 2 aliphatic heterocycles. The number of alkyl halides is 2. The summed E-state index contributed by atoms with van der Waals surface area (Å²) >= 11 is 9.43. The Bertz CT molecular complexity index is 539. The van der Waals surface area contributed by atoms with Crippen LogP contribution in [0.4, 0.5) is 0 Å². The number of carbonyl (C=O) groups excluding carboxylic acids is 2. The van der Waals surface area contributed by atoms with Crippen LogP contribution >= 0.6 is 27.5 Å². The Hall–Kier alpha value is -0.910. The Morgan fingerprint density at radius 2 is 1.79 bits per heavy atom. The van der Waals surface area contributed by atoms with Crippen molar-refractivity contribution in [2.75, 3.05) is 11.2 Å². The van der Waals surface area contributed by atoms with E-state index in [9.17, 15) is 9.59 Å². The fraction of sp³-hybridized carbons (Fsp3) is 0.385. The molecule has 1 unspecified atom stereocenters. The van der Waals surface area contributed by atoms with Crippen LogP contribution in [-0.2, 0) is 0 Å². The van der Waals surface area contributed by atoms with Crippen LogP contribution in [0, 0.1) is 0 Å². The number of rotatable bonds is 3. The molecule has 3 atom stereocenters. The van der Waals surface area contributed by atoms with Gasteiger partial charge in [-0.25, -0.2) is 5.01 Å². The summed E-state index contributed by atoms with van der Waals surface area (Å²) in [7, 11) is 0. The van der Waals surface area contributed by atoms with E-state index in [4.69, 9.17) is 11.6 Å². The summed E-state index contributed by atoms with van der Waals surface area (Å²) in [5, 5.41) is 3.64. The molecule has 6 heteroatoms. The number of hydrazine groups is 1. The maximum Gasteiger partial charge on any atom is 0.276 e. The van der Waals surface area contributed by atoms with E-state index in [0.717, 1.165) is 0 Å². The predicted molar refractivity (Wildman–Crippen MR) is 75.5 cm³/mol. The lowest BCUT2D eigenvalue weighted by Crippen LogP contribution is -2.40. The number of nitrogens with zero attached hydrogens (tertiary/aromatic N) is 2. The number of hydrogen-bond acceptors (Lipinski definition) is 3. The van der Waals surface area contributed by atoms with Crippen molar-refractivity contribution in [3.05, 3.63) is 35.4 Å². The van der Waals surface area contributed by atoms with Crippen LogP contribution in [-0.4, -0.2) is 44.6 Å². The van der Waals surface area contributed by atoms with Crippen molar-refractivity contribution in [2.24, 2.45) is 0 Å². The molecule has 0 N–H and O–H groups in total. The second-order valence-electron chi connectivity index (χ2n) is 4.86. The largest absolute Gasteiger partial charge is 0.276 e. The number of halogens is 2. The fourth-order valence-electron chi connectivity index (χ4n) is 2.64. The quantitative estimate of drug-likeness (QED) is 0.480.